The van der Waals surface area contributed by atoms with Gasteiger partial charge in [-0.25, -0.2) is 0 Å². The second-order valence-corrected chi connectivity index (χ2v) is 5.60. The van der Waals surface area contributed by atoms with Crippen LogP contribution in [0.15, 0.2) is 28.3 Å². The molecule has 0 spiro atoms. The average molecular weight is 288 g/mol. The van der Waals surface area contributed by atoms with Crippen molar-refractivity contribution in [3.05, 3.63) is 29.6 Å². The van der Waals surface area contributed by atoms with Crippen molar-refractivity contribution in [2.45, 2.75) is 17.0 Å². The van der Waals surface area contributed by atoms with Gasteiger partial charge in [0.05, 0.1) is 11.3 Å². The highest BCUT2D eigenvalue weighted by molar-refractivity contribution is 7.99. The Labute approximate surface area is 119 Å². The number of Topliss-reactive ketones (excluding diaryl/α,β-unsaturated/α-hetero) is 1. The zero-order chi connectivity index (χ0) is 14.4. The van der Waals surface area contributed by atoms with Crippen LogP contribution in [0.3, 0.4) is 0 Å². The fourth-order valence-corrected chi connectivity index (χ4v) is 2.87. The van der Waals surface area contributed by atoms with Gasteiger partial charge in [-0.15, -0.1) is 10.2 Å². The lowest BCUT2D eigenvalue weighted by atomic mass is 10.1. The molecule has 0 N–H and O–H groups in total. The minimum absolute atomic E-state index is 0.450. The summed E-state index contributed by atoms with van der Waals surface area (Å²) >= 11 is 1.45. The lowest BCUT2D eigenvalue weighted by Crippen LogP contribution is -2.24. The maximum Gasteiger partial charge on any atom is 0.299 e. The van der Waals surface area contributed by atoms with E-state index >= 15 is 0 Å². The molecular weight excluding hydrogens is 276 g/mol. The van der Waals surface area contributed by atoms with Crippen molar-refractivity contribution in [2.75, 3.05) is 11.9 Å². The Balaban J connectivity index is 1.96. The van der Waals surface area contributed by atoms with E-state index in [0.29, 0.717) is 11.3 Å². The van der Waals surface area contributed by atoms with Crippen LogP contribution in [0.4, 0.5) is 5.69 Å². The number of likely N-dealkylation sites (N-methyl/N-ethyl adjacent to an activating group) is 1. The molecule has 1 aliphatic rings. The molecule has 1 aromatic carbocycles. The first-order valence-corrected chi connectivity index (χ1v) is 6.81. The van der Waals surface area contributed by atoms with Gasteiger partial charge in [0.25, 0.3) is 11.7 Å². The number of fused-ring (bicyclic) bond motifs is 1. The zero-order valence-electron chi connectivity index (χ0n) is 11.2. The highest BCUT2D eigenvalue weighted by Crippen LogP contribution is 2.34. The van der Waals surface area contributed by atoms with Crippen molar-refractivity contribution >= 4 is 29.1 Å². The predicted octanol–water partition coefficient (Wildman–Crippen LogP) is 1.43. The first kappa shape index (κ1) is 12.9. The summed E-state index contributed by atoms with van der Waals surface area (Å²) in [5, 5.41) is 8.84. The van der Waals surface area contributed by atoms with Gasteiger partial charge < -0.3 is 9.47 Å². The quantitative estimate of drug-likeness (QED) is 0.782. The fraction of sp³-hybridized carbons (Fsp3) is 0.231. The number of aryl methyl sites for hydroxylation is 1. The van der Waals surface area contributed by atoms with Gasteiger partial charge in [0, 0.05) is 19.0 Å². The summed E-state index contributed by atoms with van der Waals surface area (Å²) in [7, 11) is 3.50. The number of nitrogens with zero attached hydrogens (tertiary/aromatic N) is 4. The molecule has 2 aromatic rings. The van der Waals surface area contributed by atoms with Gasteiger partial charge in [0.2, 0.25) is 0 Å². The van der Waals surface area contributed by atoms with Crippen LogP contribution in [0.1, 0.15) is 16.2 Å². The summed E-state index contributed by atoms with van der Waals surface area (Å²) in [6.45, 7) is 1.88. The lowest BCUT2D eigenvalue weighted by Gasteiger charge is -2.09. The first-order valence-electron chi connectivity index (χ1n) is 5.99. The van der Waals surface area contributed by atoms with Crippen LogP contribution in [0.25, 0.3) is 0 Å². The molecule has 0 atom stereocenters. The van der Waals surface area contributed by atoms with E-state index in [1.165, 1.54) is 16.7 Å². The number of aromatic nitrogens is 3. The van der Waals surface area contributed by atoms with Gasteiger partial charge >= 0.3 is 0 Å². The Morgan fingerprint density at radius 1 is 1.15 bits per heavy atom. The molecule has 2 heterocycles. The van der Waals surface area contributed by atoms with Crippen molar-refractivity contribution < 1.29 is 9.59 Å². The van der Waals surface area contributed by atoms with Gasteiger partial charge in [-0.05, 0) is 36.9 Å². The molecule has 0 saturated heterocycles. The molecule has 1 aliphatic heterocycles. The van der Waals surface area contributed by atoms with Crippen LogP contribution in [-0.4, -0.2) is 33.5 Å². The first-order chi connectivity index (χ1) is 9.49. The predicted molar refractivity (Wildman–Crippen MR) is 74.0 cm³/mol. The second kappa shape index (κ2) is 4.45. The second-order valence-electron chi connectivity index (χ2n) is 4.56. The van der Waals surface area contributed by atoms with Crippen LogP contribution in [-0.2, 0) is 11.8 Å². The van der Waals surface area contributed by atoms with E-state index in [9.17, 15) is 9.59 Å². The standard InChI is InChI=1S/C13H12N4O2S/c1-7-14-15-13(16(7)2)20-8-4-5-9-10(6-8)17(3)12(19)11(9)18/h4-6H,1-3H3. The monoisotopic (exact) mass is 288 g/mol. The number of carbonyl (C=O) groups excluding carboxylic acids is 2. The van der Waals surface area contributed by atoms with Crippen LogP contribution in [0.5, 0.6) is 0 Å². The van der Waals surface area contributed by atoms with E-state index in [1.807, 2.05) is 30.7 Å². The normalized spacial score (nSPS) is 14.1. The third-order valence-electron chi connectivity index (χ3n) is 3.34. The zero-order valence-corrected chi connectivity index (χ0v) is 12.1. The Morgan fingerprint density at radius 2 is 1.90 bits per heavy atom. The Kier molecular flexibility index (Phi) is 2.86. The molecule has 0 fully saturated rings. The fourth-order valence-electron chi connectivity index (χ4n) is 2.00. The Bertz CT molecular complexity index is 738. The molecule has 1 amide bonds. The van der Waals surface area contributed by atoms with Gasteiger partial charge in [-0.2, -0.15) is 0 Å². The molecule has 0 radical (unpaired) electrons. The molecule has 0 bridgehead atoms. The minimum atomic E-state index is -0.489. The summed E-state index contributed by atoms with van der Waals surface area (Å²) < 4.78 is 1.89. The van der Waals surface area contributed by atoms with E-state index in [2.05, 4.69) is 10.2 Å². The van der Waals surface area contributed by atoms with Gasteiger partial charge in [0.1, 0.15) is 5.82 Å². The van der Waals surface area contributed by atoms with Crippen LogP contribution < -0.4 is 4.90 Å². The van der Waals surface area contributed by atoms with Crippen molar-refractivity contribution in [3.8, 4) is 0 Å². The molecule has 3 rings (SSSR count). The molecule has 7 heteroatoms. The molecule has 0 unspecified atom stereocenters. The summed E-state index contributed by atoms with van der Waals surface area (Å²) in [5.74, 6) is -0.110. The van der Waals surface area contributed by atoms with Gasteiger partial charge in [-0.1, -0.05) is 0 Å². The number of ketones is 1. The van der Waals surface area contributed by atoms with E-state index in [4.69, 9.17) is 0 Å². The summed E-state index contributed by atoms with van der Waals surface area (Å²) in [6.07, 6.45) is 0. The molecule has 102 valence electrons. The van der Waals surface area contributed by atoms with Crippen LogP contribution in [0, 0.1) is 6.92 Å². The number of anilines is 1. The van der Waals surface area contributed by atoms with Gasteiger partial charge in [-0.3, -0.25) is 9.59 Å². The average Bonchev–Trinajstić information content (AvgIpc) is 2.86. The summed E-state index contributed by atoms with van der Waals surface area (Å²) in [6, 6.07) is 5.33. The molecule has 6 nitrogen and oxygen atoms in total. The molecule has 1 aromatic heterocycles. The Hall–Kier alpha value is -2.15. The Morgan fingerprint density at radius 3 is 2.55 bits per heavy atom. The summed E-state index contributed by atoms with van der Waals surface area (Å²) in [5.41, 5.74) is 1.10. The maximum atomic E-state index is 11.7. The minimum Gasteiger partial charge on any atom is -0.309 e. The van der Waals surface area contributed by atoms with E-state index in [1.54, 1.807) is 13.1 Å². The van der Waals surface area contributed by atoms with Crippen molar-refractivity contribution in [3.63, 3.8) is 0 Å². The van der Waals surface area contributed by atoms with Gasteiger partial charge in [0.15, 0.2) is 5.16 Å². The molecular formula is C13H12N4O2S. The largest absolute Gasteiger partial charge is 0.309 e. The highest BCUT2D eigenvalue weighted by atomic mass is 32.2. The number of carbonyl (C=O) groups is 2. The third-order valence-corrected chi connectivity index (χ3v) is 4.36. The lowest BCUT2D eigenvalue weighted by molar-refractivity contribution is -0.114. The van der Waals surface area contributed by atoms with Crippen molar-refractivity contribution in [1.29, 1.82) is 0 Å². The van der Waals surface area contributed by atoms with E-state index in [-0.39, 0.29) is 0 Å². The van der Waals surface area contributed by atoms with Crippen molar-refractivity contribution in [2.24, 2.45) is 7.05 Å². The number of rotatable bonds is 2. The molecule has 0 aliphatic carbocycles. The third kappa shape index (κ3) is 1.82. The van der Waals surface area contributed by atoms with E-state index in [0.717, 1.165) is 15.9 Å². The maximum absolute atomic E-state index is 11.7. The number of hydrogen-bond donors (Lipinski definition) is 0. The smallest absolute Gasteiger partial charge is 0.299 e. The number of benzene rings is 1. The SMILES string of the molecule is Cc1nnc(Sc2ccc3c(c2)N(C)C(=O)C3=O)n1C. The molecule has 20 heavy (non-hydrogen) atoms. The number of hydrogen-bond acceptors (Lipinski definition) is 5. The van der Waals surface area contributed by atoms with Crippen LogP contribution in [0.2, 0.25) is 0 Å². The summed E-state index contributed by atoms with van der Waals surface area (Å²) in [4.78, 5) is 25.6. The topological polar surface area (TPSA) is 68.1 Å². The molecule has 0 saturated carbocycles. The van der Waals surface area contributed by atoms with Crippen LogP contribution >= 0.6 is 11.8 Å². The van der Waals surface area contributed by atoms with Crippen molar-refractivity contribution in [1.82, 2.24) is 14.8 Å². The highest BCUT2D eigenvalue weighted by Gasteiger charge is 2.33. The van der Waals surface area contributed by atoms with E-state index < -0.39 is 11.7 Å². The number of amides is 1.